The molecular weight excluding hydrogens is 546 g/mol. The molecule has 2 N–H and O–H groups in total. The number of aliphatic imine (C=N–C) groups is 1. The Bertz CT molecular complexity index is 1610. The van der Waals surface area contributed by atoms with Gasteiger partial charge in [-0.15, -0.1) is 0 Å². The summed E-state index contributed by atoms with van der Waals surface area (Å²) in [5, 5.41) is 14.9. The van der Waals surface area contributed by atoms with Gasteiger partial charge in [0.25, 0.3) is 11.8 Å². The van der Waals surface area contributed by atoms with E-state index >= 15 is 0 Å². The number of fused-ring (bicyclic) bond motifs is 5. The summed E-state index contributed by atoms with van der Waals surface area (Å²) in [7, 11) is 2.02. The lowest BCUT2D eigenvalue weighted by Gasteiger charge is -2.48. The number of rotatable bonds is 4. The zero-order chi connectivity index (χ0) is 29.7. The number of aliphatic hydroxyl groups is 1. The molecule has 43 heavy (non-hydrogen) atoms. The van der Waals surface area contributed by atoms with Gasteiger partial charge in [-0.25, -0.2) is 0 Å². The van der Waals surface area contributed by atoms with Crippen LogP contribution >= 0.6 is 0 Å². The van der Waals surface area contributed by atoms with Crippen LogP contribution < -0.4 is 5.32 Å². The Morgan fingerprint density at radius 2 is 1.98 bits per heavy atom. The minimum Gasteiger partial charge on any atom is -0.347 e. The monoisotopic (exact) mass is 581 g/mol. The standard InChI is InChI=1S/C33H35N5O5/c1-32(35-29(39)21-15-23-22-10-6-11-24-28(22)20(17-34-24)16-25(23)36(2)18-21)31(41)38-26(14-19-8-4-3-5-9-19)30(40)37-13-7-12-27(37)33(38,42)43-32/h3-6,8-11,15,17,20-21,25-27,42H,7,12-14,16,18H2,1-2H3,(H,35,39)/t20-,21-,25+,26+,27-,32+,33+/m0/s1. The molecule has 10 heteroatoms. The molecule has 0 aromatic heterocycles. The first-order chi connectivity index (χ1) is 20.7. The average Bonchev–Trinajstić information content (AvgIpc) is 3.70. The van der Waals surface area contributed by atoms with Gasteiger partial charge in [-0.2, -0.15) is 0 Å². The quantitative estimate of drug-likeness (QED) is 0.572. The fourth-order valence-corrected chi connectivity index (χ4v) is 8.27. The van der Waals surface area contributed by atoms with E-state index in [4.69, 9.17) is 4.74 Å². The Morgan fingerprint density at radius 1 is 1.16 bits per heavy atom. The van der Waals surface area contributed by atoms with Gasteiger partial charge in [0.2, 0.25) is 17.5 Å². The normalized spacial score (nSPS) is 35.8. The summed E-state index contributed by atoms with van der Waals surface area (Å²) in [4.78, 5) is 51.5. The first kappa shape index (κ1) is 26.7. The van der Waals surface area contributed by atoms with Gasteiger partial charge < -0.3 is 15.3 Å². The number of hydrogen-bond acceptors (Lipinski definition) is 7. The number of hydrogen-bond donors (Lipinski definition) is 2. The van der Waals surface area contributed by atoms with Crippen LogP contribution in [0.5, 0.6) is 0 Å². The molecule has 0 spiro atoms. The second-order valence-electron chi connectivity index (χ2n) is 12.9. The van der Waals surface area contributed by atoms with Gasteiger partial charge in [0.15, 0.2) is 0 Å². The fraction of sp³-hybridized carbons (Fsp3) is 0.455. The van der Waals surface area contributed by atoms with Crippen LogP contribution in [0.25, 0.3) is 5.57 Å². The summed E-state index contributed by atoms with van der Waals surface area (Å²) >= 11 is 0. The lowest BCUT2D eigenvalue weighted by Crippen LogP contribution is -2.71. The number of likely N-dealkylation sites (N-methyl/N-ethyl adjacent to an activating group) is 1. The van der Waals surface area contributed by atoms with Crippen LogP contribution in [0, 0.1) is 5.92 Å². The van der Waals surface area contributed by atoms with Crippen molar-refractivity contribution in [1.29, 1.82) is 0 Å². The van der Waals surface area contributed by atoms with Crippen molar-refractivity contribution in [3.63, 3.8) is 0 Å². The smallest absolute Gasteiger partial charge is 0.280 e. The highest BCUT2D eigenvalue weighted by molar-refractivity contribution is 5.98. The van der Waals surface area contributed by atoms with Crippen LogP contribution in [0.1, 0.15) is 48.8 Å². The molecule has 8 rings (SSSR count). The van der Waals surface area contributed by atoms with Crippen LogP contribution in [0.2, 0.25) is 0 Å². The number of piperazine rings is 1. The van der Waals surface area contributed by atoms with Crippen molar-refractivity contribution in [3.05, 3.63) is 71.3 Å². The molecule has 5 heterocycles. The van der Waals surface area contributed by atoms with E-state index in [9.17, 15) is 19.5 Å². The Hall–Kier alpha value is -3.86. The molecule has 6 aliphatic rings. The third kappa shape index (κ3) is 3.82. The average molecular weight is 582 g/mol. The summed E-state index contributed by atoms with van der Waals surface area (Å²) in [6.45, 7) is 2.45. The zero-order valence-electron chi connectivity index (χ0n) is 24.3. The number of ether oxygens (including phenoxy) is 1. The van der Waals surface area contributed by atoms with E-state index in [1.165, 1.54) is 17.4 Å². The number of benzene rings is 2. The molecule has 0 bridgehead atoms. The van der Waals surface area contributed by atoms with Gasteiger partial charge in [-0.05, 0) is 61.6 Å². The number of carbonyl (C=O) groups excluding carboxylic acids is 3. The molecule has 5 aliphatic heterocycles. The topological polar surface area (TPSA) is 115 Å². The third-order valence-electron chi connectivity index (χ3n) is 10.3. The molecule has 2 aromatic rings. The molecule has 0 radical (unpaired) electrons. The van der Waals surface area contributed by atoms with Crippen molar-refractivity contribution in [2.24, 2.45) is 10.9 Å². The van der Waals surface area contributed by atoms with Crippen molar-refractivity contribution in [2.75, 3.05) is 20.1 Å². The minimum atomic E-state index is -2.04. The van der Waals surface area contributed by atoms with E-state index in [0.717, 1.165) is 28.8 Å². The van der Waals surface area contributed by atoms with Crippen molar-refractivity contribution in [1.82, 2.24) is 20.0 Å². The van der Waals surface area contributed by atoms with Crippen LogP contribution in [-0.2, 0) is 25.5 Å². The second kappa shape index (κ2) is 9.32. The number of amides is 3. The van der Waals surface area contributed by atoms with Gasteiger partial charge in [0, 0.05) is 37.7 Å². The van der Waals surface area contributed by atoms with E-state index in [1.807, 2.05) is 61.8 Å². The Kier molecular flexibility index (Phi) is 5.80. The lowest BCUT2D eigenvalue weighted by molar-refractivity contribution is -0.315. The van der Waals surface area contributed by atoms with Crippen LogP contribution in [0.4, 0.5) is 5.69 Å². The molecule has 10 nitrogen and oxygen atoms in total. The SMILES string of the molecule is CN1C[C@@H](C(=O)N[C@]2(C)O[C@]3(O)[C@@H]4CCCN4C(=O)[C@@H](Cc4ccccc4)N3C2=O)C=C2c3cccc4c3[C@H](C=N4)C[C@H]21. The highest BCUT2D eigenvalue weighted by Gasteiger charge is 2.70. The van der Waals surface area contributed by atoms with E-state index in [2.05, 4.69) is 21.3 Å². The van der Waals surface area contributed by atoms with Crippen LogP contribution in [0.15, 0.2) is 59.6 Å². The van der Waals surface area contributed by atoms with Crippen molar-refractivity contribution < 1.29 is 24.2 Å². The molecule has 2 aromatic carbocycles. The van der Waals surface area contributed by atoms with Crippen LogP contribution in [0.3, 0.4) is 0 Å². The maximum atomic E-state index is 14.2. The summed E-state index contributed by atoms with van der Waals surface area (Å²) < 4.78 is 6.23. The maximum absolute atomic E-state index is 14.2. The van der Waals surface area contributed by atoms with Gasteiger partial charge in [-0.3, -0.25) is 33.9 Å². The largest absolute Gasteiger partial charge is 0.347 e. The van der Waals surface area contributed by atoms with Crippen molar-refractivity contribution >= 4 is 35.2 Å². The first-order valence-electron chi connectivity index (χ1n) is 15.2. The molecule has 3 amide bonds. The van der Waals surface area contributed by atoms with Gasteiger partial charge in [0.1, 0.15) is 12.1 Å². The van der Waals surface area contributed by atoms with E-state index in [0.29, 0.717) is 25.9 Å². The molecule has 0 unspecified atom stereocenters. The number of nitrogens with zero attached hydrogens (tertiary/aromatic N) is 4. The van der Waals surface area contributed by atoms with Gasteiger partial charge in [-0.1, -0.05) is 48.5 Å². The predicted molar refractivity (Wildman–Crippen MR) is 158 cm³/mol. The molecule has 0 saturated carbocycles. The molecule has 3 fully saturated rings. The number of nitrogens with one attached hydrogen (secondary N) is 1. The van der Waals surface area contributed by atoms with E-state index < -0.39 is 35.5 Å². The van der Waals surface area contributed by atoms with Gasteiger partial charge in [0.05, 0.1) is 11.6 Å². The fourth-order valence-electron chi connectivity index (χ4n) is 8.27. The maximum Gasteiger partial charge on any atom is 0.280 e. The summed E-state index contributed by atoms with van der Waals surface area (Å²) in [5.41, 5.74) is 3.45. The Balaban J connectivity index is 1.10. The van der Waals surface area contributed by atoms with Gasteiger partial charge >= 0.3 is 0 Å². The molecule has 3 saturated heterocycles. The summed E-state index contributed by atoms with van der Waals surface area (Å²) in [6.07, 6.45) is 6.39. The highest BCUT2D eigenvalue weighted by Crippen LogP contribution is 2.49. The Morgan fingerprint density at radius 3 is 2.79 bits per heavy atom. The molecular formula is C33H35N5O5. The lowest BCUT2D eigenvalue weighted by atomic mass is 9.74. The third-order valence-corrected chi connectivity index (χ3v) is 10.3. The molecule has 222 valence electrons. The van der Waals surface area contributed by atoms with Crippen molar-refractivity contribution in [2.45, 2.75) is 68.3 Å². The molecule has 7 atom stereocenters. The Labute approximate surface area is 250 Å². The highest BCUT2D eigenvalue weighted by atomic mass is 16.7. The molecule has 1 aliphatic carbocycles. The summed E-state index contributed by atoms with van der Waals surface area (Å²) in [5.74, 6) is -3.50. The van der Waals surface area contributed by atoms with Crippen molar-refractivity contribution in [3.8, 4) is 0 Å². The second-order valence-corrected chi connectivity index (χ2v) is 12.9. The predicted octanol–water partition coefficient (Wildman–Crippen LogP) is 2.16. The van der Waals surface area contributed by atoms with Crippen LogP contribution in [-0.4, -0.2) is 93.6 Å². The number of carbonyl (C=O) groups is 3. The zero-order valence-corrected chi connectivity index (χ0v) is 24.3. The summed E-state index contributed by atoms with van der Waals surface area (Å²) in [6, 6.07) is 14.1. The van der Waals surface area contributed by atoms with E-state index in [-0.39, 0.29) is 30.2 Å². The minimum absolute atomic E-state index is 0.161. The van der Waals surface area contributed by atoms with E-state index in [1.54, 1.807) is 4.90 Å². The first-order valence-corrected chi connectivity index (χ1v) is 15.2.